The molecular formula is C30H36F2IN3O2. The van der Waals surface area contributed by atoms with Crippen LogP contribution in [0, 0.1) is 12.8 Å². The number of methoxy groups -OCH3 is 1. The molecule has 5 nitrogen and oxygen atoms in total. The van der Waals surface area contributed by atoms with E-state index in [1.54, 1.807) is 7.11 Å². The highest BCUT2D eigenvalue weighted by Gasteiger charge is 2.41. The van der Waals surface area contributed by atoms with Gasteiger partial charge in [0.05, 0.1) is 7.11 Å². The number of nitrogens with one attached hydrogen (secondary N) is 2. The van der Waals surface area contributed by atoms with Crippen molar-refractivity contribution in [2.45, 2.75) is 61.5 Å². The number of alkyl halides is 3. The van der Waals surface area contributed by atoms with Gasteiger partial charge in [-0.05, 0) is 73.9 Å². The second-order valence-corrected chi connectivity index (χ2v) is 13.8. The lowest BCUT2D eigenvalue weighted by atomic mass is 9.84. The number of amides is 1. The summed E-state index contributed by atoms with van der Waals surface area (Å²) in [5.41, 5.74) is 4.99. The lowest BCUT2D eigenvalue weighted by molar-refractivity contribution is 0.0759. The maximum atomic E-state index is 13.7. The smallest absolute Gasteiger partial charge is 0.251 e. The summed E-state index contributed by atoms with van der Waals surface area (Å²) in [6.45, 7) is 4.14. The molecule has 2 atom stereocenters. The van der Waals surface area contributed by atoms with Crippen LogP contribution in [0.5, 0.6) is 5.75 Å². The van der Waals surface area contributed by atoms with Gasteiger partial charge in [0.1, 0.15) is 5.75 Å². The summed E-state index contributed by atoms with van der Waals surface area (Å²) in [4.78, 5) is 18.3. The molecule has 0 radical (unpaired) electrons. The van der Waals surface area contributed by atoms with Crippen molar-refractivity contribution >= 4 is 42.1 Å². The summed E-state index contributed by atoms with van der Waals surface area (Å²) < 4.78 is 37.0. The molecule has 1 aromatic heterocycles. The van der Waals surface area contributed by atoms with Gasteiger partial charge in [0.2, 0.25) is 6.43 Å². The highest BCUT2D eigenvalue weighted by Crippen LogP contribution is 2.48. The van der Waals surface area contributed by atoms with Crippen LogP contribution in [-0.4, -0.2) is 50.4 Å². The van der Waals surface area contributed by atoms with E-state index >= 15 is 0 Å². The Morgan fingerprint density at radius 3 is 2.71 bits per heavy atom. The minimum absolute atomic E-state index is 0.0486. The van der Waals surface area contributed by atoms with Gasteiger partial charge in [0.25, 0.3) is 5.91 Å². The van der Waals surface area contributed by atoms with Gasteiger partial charge in [0.15, 0.2) is 0 Å². The quantitative estimate of drug-likeness (QED) is 0.191. The number of carbonyl (C=O) groups excluding carboxylic acids is 1. The predicted molar refractivity (Wildman–Crippen MR) is 158 cm³/mol. The number of aromatic amines is 1. The van der Waals surface area contributed by atoms with E-state index < -0.39 is 30.6 Å². The van der Waals surface area contributed by atoms with Crippen molar-refractivity contribution in [3.8, 4) is 5.75 Å². The number of rotatable bonds is 10. The molecule has 2 heterocycles. The Morgan fingerprint density at radius 1 is 1.29 bits per heavy atom. The van der Waals surface area contributed by atoms with Gasteiger partial charge in [-0.1, -0.05) is 16.6 Å². The van der Waals surface area contributed by atoms with Crippen molar-refractivity contribution in [3.63, 3.8) is 0 Å². The van der Waals surface area contributed by atoms with Crippen LogP contribution in [0.1, 0.15) is 65.2 Å². The van der Waals surface area contributed by atoms with Gasteiger partial charge < -0.3 is 15.0 Å². The maximum Gasteiger partial charge on any atom is 0.251 e. The van der Waals surface area contributed by atoms with E-state index in [-0.39, 0.29) is 18.4 Å². The Morgan fingerprint density at radius 2 is 2.05 bits per heavy atom. The minimum Gasteiger partial charge on any atom is -0.496 e. The van der Waals surface area contributed by atoms with Gasteiger partial charge in [-0.25, -0.2) is 8.78 Å². The zero-order valence-corrected chi connectivity index (χ0v) is 24.2. The van der Waals surface area contributed by atoms with Crippen LogP contribution in [0.15, 0.2) is 42.6 Å². The zero-order chi connectivity index (χ0) is 26.9. The Balaban J connectivity index is 1.46. The first kappa shape index (κ1) is 27.2. The second kappa shape index (κ2) is 11.4. The third-order valence-electron chi connectivity index (χ3n) is 8.15. The molecule has 2 aliphatic rings. The van der Waals surface area contributed by atoms with Gasteiger partial charge in [-0.15, -0.1) is 20.7 Å². The van der Waals surface area contributed by atoms with E-state index in [4.69, 9.17) is 4.74 Å². The summed E-state index contributed by atoms with van der Waals surface area (Å²) in [5, 5.41) is 4.15. The molecule has 5 rings (SSSR count). The van der Waals surface area contributed by atoms with E-state index in [1.165, 1.54) is 12.8 Å². The largest absolute Gasteiger partial charge is 0.496 e. The van der Waals surface area contributed by atoms with E-state index in [2.05, 4.69) is 38.8 Å². The highest BCUT2D eigenvalue weighted by molar-refractivity contribution is 14.2. The normalized spacial score (nSPS) is 22.2. The van der Waals surface area contributed by atoms with E-state index in [1.807, 2.05) is 30.5 Å². The number of likely N-dealkylation sites (tertiary alicyclic amines) is 1. The number of nitrogens with zero attached hydrogens (tertiary/aromatic N) is 1. The van der Waals surface area contributed by atoms with E-state index in [0.717, 1.165) is 46.3 Å². The molecule has 0 spiro atoms. The van der Waals surface area contributed by atoms with Crippen LogP contribution < -0.4 is 10.1 Å². The number of benzene rings is 2. The standard InChI is InChI=1S/C30H36F2IN3O2/c1-19-14-26(38-3)24(23-10-12-34-28(19)23)18-36-13-11-30(33-2,16-27(31)32)15-25(36)21-6-8-22(9-7-21)29(37)35-17-20-4-5-20/h6-10,12,14,20,25,27,34H,2,4-5,11,13,15-18H2,1,3H3,(H,35,37)/t25-,30+/m0/s1. The second-order valence-electron chi connectivity index (χ2n) is 10.7. The molecule has 2 N–H and O–H groups in total. The molecule has 2 fully saturated rings. The Bertz CT molecular complexity index is 1300. The number of hydrogen-bond donors (Lipinski definition) is 2. The summed E-state index contributed by atoms with van der Waals surface area (Å²) in [7, 11) is 1.69. The first-order valence-corrected chi connectivity index (χ1v) is 15.9. The monoisotopic (exact) mass is 635 g/mol. The van der Waals surface area contributed by atoms with Gasteiger partial charge in [-0.3, -0.25) is 9.69 Å². The number of halogens is 3. The van der Waals surface area contributed by atoms with Gasteiger partial charge >= 0.3 is 0 Å². The number of H-pyrrole nitrogens is 1. The lowest BCUT2D eigenvalue weighted by Gasteiger charge is -2.45. The van der Waals surface area contributed by atoms with Crippen LogP contribution in [0.25, 0.3) is 10.9 Å². The molecule has 1 saturated heterocycles. The zero-order valence-electron chi connectivity index (χ0n) is 22.0. The van der Waals surface area contributed by atoms with Gasteiger partial charge in [0, 0.05) is 63.7 Å². The molecule has 1 amide bonds. The van der Waals surface area contributed by atoms with Gasteiger partial charge in [-0.2, -0.15) is 0 Å². The highest BCUT2D eigenvalue weighted by atomic mass is 127. The number of fused-ring (bicyclic) bond motifs is 1. The molecule has 8 heteroatoms. The first-order valence-electron chi connectivity index (χ1n) is 13.3. The fourth-order valence-electron chi connectivity index (χ4n) is 5.74. The molecule has 1 aliphatic carbocycles. The molecule has 0 unspecified atom stereocenters. The lowest BCUT2D eigenvalue weighted by Crippen LogP contribution is -2.44. The van der Waals surface area contributed by atoms with Crippen molar-refractivity contribution < 1.29 is 18.3 Å². The molecule has 1 saturated carbocycles. The van der Waals surface area contributed by atoms with Crippen LogP contribution in [-0.2, 0) is 6.54 Å². The van der Waals surface area contributed by atoms with Crippen molar-refractivity contribution in [2.24, 2.45) is 5.92 Å². The molecular weight excluding hydrogens is 599 g/mol. The van der Waals surface area contributed by atoms with E-state index in [0.29, 0.717) is 31.0 Å². The number of piperidine rings is 1. The van der Waals surface area contributed by atoms with Crippen molar-refractivity contribution in [1.82, 2.24) is 15.2 Å². The average Bonchev–Trinajstić information content (AvgIpc) is 3.62. The molecule has 1 aliphatic heterocycles. The molecule has 3 aromatic rings. The van der Waals surface area contributed by atoms with Crippen LogP contribution in [0.3, 0.4) is 0 Å². The van der Waals surface area contributed by atoms with Crippen molar-refractivity contribution in [3.05, 3.63) is 64.8 Å². The third-order valence-corrected chi connectivity index (χ3v) is 11.2. The van der Waals surface area contributed by atoms with E-state index in [9.17, 15) is 13.6 Å². The summed E-state index contributed by atoms with van der Waals surface area (Å²) in [6, 6.07) is 11.8. The Hall–Kier alpha value is -2.33. The number of hydrogen-bond acceptors (Lipinski definition) is 3. The Kier molecular flexibility index (Phi) is 8.19. The van der Waals surface area contributed by atoms with Crippen LogP contribution >= 0.6 is 20.7 Å². The predicted octanol–water partition coefficient (Wildman–Crippen LogP) is 6.76. The summed E-state index contributed by atoms with van der Waals surface area (Å²) in [5.74, 6) is 1.40. The van der Waals surface area contributed by atoms with Crippen LogP contribution in [0.2, 0.25) is 0 Å². The number of aromatic nitrogens is 1. The molecule has 204 valence electrons. The number of carbonyl (C=O) groups is 1. The fourth-order valence-corrected chi connectivity index (χ4v) is 7.73. The minimum atomic E-state index is -2.34. The fraction of sp³-hybridized carbons (Fsp3) is 0.467. The molecule has 38 heavy (non-hydrogen) atoms. The number of aryl methyl sites for hydroxylation is 1. The molecule has 0 bridgehead atoms. The van der Waals surface area contributed by atoms with Crippen LogP contribution in [0.4, 0.5) is 8.78 Å². The summed E-state index contributed by atoms with van der Waals surface area (Å²) >= 11 is -0.641. The Labute approximate surface area is 233 Å². The average molecular weight is 636 g/mol. The van der Waals surface area contributed by atoms with Crippen molar-refractivity contribution in [1.29, 1.82) is 0 Å². The first-order chi connectivity index (χ1) is 18.3. The maximum absolute atomic E-state index is 13.7. The number of ether oxygens (including phenoxy) is 1. The topological polar surface area (TPSA) is 57.4 Å². The van der Waals surface area contributed by atoms with Crippen molar-refractivity contribution in [2.75, 3.05) is 20.2 Å². The molecule has 2 aromatic carbocycles. The SMILES string of the molecule is C=I[C@]1(CC(F)F)CCN(Cc2c(OC)cc(C)c3[nH]ccc23)[C@H](c2ccc(C(=O)NCC3CC3)cc2)C1. The third kappa shape index (κ3) is 5.81. The summed E-state index contributed by atoms with van der Waals surface area (Å²) in [6.07, 6.45) is 3.26.